The highest BCUT2D eigenvalue weighted by Crippen LogP contribution is 2.33. The molecule has 0 aliphatic carbocycles. The lowest BCUT2D eigenvalue weighted by Gasteiger charge is -2.37. The topological polar surface area (TPSA) is 51.0 Å². The second kappa shape index (κ2) is 4.59. The van der Waals surface area contributed by atoms with E-state index in [1.807, 2.05) is 30.3 Å². The Bertz CT molecular complexity index is 720. The Morgan fingerprint density at radius 1 is 1.23 bits per heavy atom. The van der Waals surface area contributed by atoms with E-state index >= 15 is 0 Å². The summed E-state index contributed by atoms with van der Waals surface area (Å²) in [5.41, 5.74) is 1.13. The highest BCUT2D eigenvalue weighted by Gasteiger charge is 2.47. The number of aryl methyl sites for hydroxylation is 1. The van der Waals surface area contributed by atoms with Crippen LogP contribution in [0.3, 0.4) is 0 Å². The number of carbonyl (C=O) groups is 1. The van der Waals surface area contributed by atoms with Crippen LogP contribution in [0.25, 0.3) is 0 Å². The molecule has 22 heavy (non-hydrogen) atoms. The van der Waals surface area contributed by atoms with Crippen molar-refractivity contribution in [1.29, 1.82) is 0 Å². The first kappa shape index (κ1) is 13.4. The molecule has 0 spiro atoms. The fourth-order valence-electron chi connectivity index (χ4n) is 3.05. The van der Waals surface area contributed by atoms with Crippen molar-refractivity contribution in [3.63, 3.8) is 0 Å². The molecule has 4 rings (SSSR count). The molecule has 1 saturated heterocycles. The van der Waals surface area contributed by atoms with Gasteiger partial charge in [0.15, 0.2) is 0 Å². The van der Waals surface area contributed by atoms with Crippen LogP contribution in [0.5, 0.6) is 0 Å². The third kappa shape index (κ3) is 2.08. The van der Waals surface area contributed by atoms with E-state index in [1.165, 1.54) is 0 Å². The molecule has 3 heterocycles. The van der Waals surface area contributed by atoms with E-state index in [0.717, 1.165) is 22.7 Å². The number of carbonyl (C=O) groups excluding carboxylic acids is 1. The second-order valence-electron chi connectivity index (χ2n) is 5.79. The zero-order chi connectivity index (χ0) is 15.3. The quantitative estimate of drug-likeness (QED) is 0.851. The van der Waals surface area contributed by atoms with Gasteiger partial charge in [-0.2, -0.15) is 0 Å². The molecule has 1 fully saturated rings. The van der Waals surface area contributed by atoms with Gasteiger partial charge >= 0.3 is 0 Å². The van der Waals surface area contributed by atoms with E-state index in [4.69, 9.17) is 0 Å². The molecular formula is C15H14F2N4O. The number of fused-ring (bicyclic) bond motifs is 1. The number of hydrogen-bond donors (Lipinski definition) is 0. The van der Waals surface area contributed by atoms with Gasteiger partial charge in [-0.1, -0.05) is 30.3 Å². The molecule has 2 aromatic rings. The summed E-state index contributed by atoms with van der Waals surface area (Å²) in [7, 11) is 0. The maximum atomic E-state index is 12.9. The molecule has 0 N–H and O–H groups in total. The van der Waals surface area contributed by atoms with Crippen LogP contribution >= 0.6 is 0 Å². The van der Waals surface area contributed by atoms with Gasteiger partial charge in [-0.15, -0.1) is 5.10 Å². The number of amides is 1. The van der Waals surface area contributed by atoms with Crippen LogP contribution in [0.15, 0.2) is 30.3 Å². The van der Waals surface area contributed by atoms with Crippen LogP contribution in [0.4, 0.5) is 8.78 Å². The SMILES string of the molecule is O=C(c1nc2n(n1)CCC2c1ccccc1)N1CC(F)(F)C1. The summed E-state index contributed by atoms with van der Waals surface area (Å²) < 4.78 is 27.5. The third-order valence-electron chi connectivity index (χ3n) is 4.17. The Labute approximate surface area is 125 Å². The van der Waals surface area contributed by atoms with Crippen molar-refractivity contribution in [2.24, 2.45) is 0 Å². The molecule has 5 nitrogen and oxygen atoms in total. The number of halogens is 2. The number of alkyl halides is 2. The van der Waals surface area contributed by atoms with Crippen LogP contribution in [0, 0.1) is 0 Å². The van der Waals surface area contributed by atoms with Crippen molar-refractivity contribution in [2.45, 2.75) is 24.8 Å². The summed E-state index contributed by atoms with van der Waals surface area (Å²) in [6, 6.07) is 9.91. The lowest BCUT2D eigenvalue weighted by molar-refractivity contribution is -0.113. The van der Waals surface area contributed by atoms with Crippen molar-refractivity contribution in [3.05, 3.63) is 47.5 Å². The monoisotopic (exact) mass is 304 g/mol. The maximum Gasteiger partial charge on any atom is 0.293 e. The smallest absolute Gasteiger partial charge is 0.293 e. The minimum Gasteiger partial charge on any atom is -0.324 e. The Balaban J connectivity index is 1.58. The molecule has 1 unspecified atom stereocenters. The normalized spacial score (nSPS) is 22.3. The predicted octanol–water partition coefficient (Wildman–Crippen LogP) is 1.90. The number of hydrogen-bond acceptors (Lipinski definition) is 3. The van der Waals surface area contributed by atoms with Crippen LogP contribution in [-0.2, 0) is 6.54 Å². The van der Waals surface area contributed by atoms with Gasteiger partial charge < -0.3 is 4.90 Å². The fraction of sp³-hybridized carbons (Fsp3) is 0.400. The van der Waals surface area contributed by atoms with Crippen LogP contribution in [0.1, 0.15) is 34.3 Å². The molecule has 2 aliphatic heterocycles. The van der Waals surface area contributed by atoms with E-state index in [-0.39, 0.29) is 11.7 Å². The number of rotatable bonds is 2. The van der Waals surface area contributed by atoms with Crippen molar-refractivity contribution >= 4 is 5.91 Å². The molecule has 2 aliphatic rings. The molecule has 0 saturated carbocycles. The summed E-state index contributed by atoms with van der Waals surface area (Å²) in [4.78, 5) is 17.5. The minimum absolute atomic E-state index is 0.0196. The van der Waals surface area contributed by atoms with E-state index in [9.17, 15) is 13.6 Å². The summed E-state index contributed by atoms with van der Waals surface area (Å²) in [6.07, 6.45) is 0.885. The van der Waals surface area contributed by atoms with Gasteiger partial charge in [0.1, 0.15) is 5.82 Å². The van der Waals surface area contributed by atoms with Gasteiger partial charge in [-0.05, 0) is 12.0 Å². The molecule has 114 valence electrons. The average molecular weight is 304 g/mol. The lowest BCUT2D eigenvalue weighted by atomic mass is 9.97. The third-order valence-corrected chi connectivity index (χ3v) is 4.17. The number of benzene rings is 1. The van der Waals surface area contributed by atoms with Crippen molar-refractivity contribution in [1.82, 2.24) is 19.7 Å². The first-order chi connectivity index (χ1) is 10.5. The highest BCUT2D eigenvalue weighted by atomic mass is 19.3. The summed E-state index contributed by atoms with van der Waals surface area (Å²) in [5, 5.41) is 4.19. The number of likely N-dealkylation sites (tertiary alicyclic amines) is 1. The highest BCUT2D eigenvalue weighted by molar-refractivity contribution is 5.91. The maximum absolute atomic E-state index is 12.9. The molecular weight excluding hydrogens is 290 g/mol. The lowest BCUT2D eigenvalue weighted by Crippen LogP contribution is -2.58. The van der Waals surface area contributed by atoms with E-state index < -0.39 is 24.9 Å². The van der Waals surface area contributed by atoms with Crippen LogP contribution in [-0.4, -0.2) is 44.6 Å². The first-order valence-electron chi connectivity index (χ1n) is 7.20. The zero-order valence-electron chi connectivity index (χ0n) is 11.7. The van der Waals surface area contributed by atoms with Gasteiger partial charge in [0.2, 0.25) is 5.82 Å². The Hall–Kier alpha value is -2.31. The van der Waals surface area contributed by atoms with Crippen LogP contribution in [0.2, 0.25) is 0 Å². The Morgan fingerprint density at radius 3 is 2.64 bits per heavy atom. The molecule has 0 radical (unpaired) electrons. The zero-order valence-corrected chi connectivity index (χ0v) is 11.7. The van der Waals surface area contributed by atoms with Gasteiger partial charge in [0, 0.05) is 12.5 Å². The van der Waals surface area contributed by atoms with Crippen LogP contribution < -0.4 is 0 Å². The summed E-state index contributed by atoms with van der Waals surface area (Å²) >= 11 is 0. The van der Waals surface area contributed by atoms with E-state index in [2.05, 4.69) is 10.1 Å². The summed E-state index contributed by atoms with van der Waals surface area (Å²) in [5.74, 6) is -2.43. The molecule has 1 atom stereocenters. The molecule has 1 aromatic heterocycles. The first-order valence-corrected chi connectivity index (χ1v) is 7.20. The summed E-state index contributed by atoms with van der Waals surface area (Å²) in [6.45, 7) is -0.402. The van der Waals surface area contributed by atoms with Crippen molar-refractivity contribution in [3.8, 4) is 0 Å². The van der Waals surface area contributed by atoms with Gasteiger partial charge in [0.05, 0.1) is 13.1 Å². The van der Waals surface area contributed by atoms with Gasteiger partial charge in [0.25, 0.3) is 11.8 Å². The predicted molar refractivity (Wildman–Crippen MR) is 73.8 cm³/mol. The minimum atomic E-state index is -2.77. The molecule has 0 bridgehead atoms. The fourth-order valence-corrected chi connectivity index (χ4v) is 3.05. The number of aromatic nitrogens is 3. The molecule has 1 amide bonds. The Kier molecular flexibility index (Phi) is 2.79. The second-order valence-corrected chi connectivity index (χ2v) is 5.79. The van der Waals surface area contributed by atoms with E-state index in [0.29, 0.717) is 6.54 Å². The van der Waals surface area contributed by atoms with E-state index in [1.54, 1.807) is 4.68 Å². The van der Waals surface area contributed by atoms with Crippen molar-refractivity contribution in [2.75, 3.05) is 13.1 Å². The molecule has 1 aromatic carbocycles. The van der Waals surface area contributed by atoms with Gasteiger partial charge in [-0.25, -0.2) is 18.4 Å². The standard InChI is InChI=1S/C15H14F2N4O/c16-15(17)8-20(9-15)14(22)12-18-13-11(6-7-21(13)19-12)10-4-2-1-3-5-10/h1-5,11H,6-9H2. The van der Waals surface area contributed by atoms with Gasteiger partial charge in [-0.3, -0.25) is 4.79 Å². The molecule has 7 heteroatoms. The largest absolute Gasteiger partial charge is 0.324 e. The van der Waals surface area contributed by atoms with Crippen molar-refractivity contribution < 1.29 is 13.6 Å². The number of nitrogens with zero attached hydrogens (tertiary/aromatic N) is 4. The Morgan fingerprint density at radius 2 is 1.95 bits per heavy atom. The average Bonchev–Trinajstić information content (AvgIpc) is 3.04.